The van der Waals surface area contributed by atoms with Gasteiger partial charge in [0.15, 0.2) is 0 Å². The highest BCUT2D eigenvalue weighted by Gasteiger charge is 2.19. The first kappa shape index (κ1) is 15.8. The SMILES string of the molecule is COCC(C)CC(CCC(C)(C)OC)NN. The molecule has 0 spiro atoms. The summed E-state index contributed by atoms with van der Waals surface area (Å²) in [5.41, 5.74) is 2.81. The summed E-state index contributed by atoms with van der Waals surface area (Å²) < 4.78 is 10.5. The second kappa shape index (κ2) is 8.01. The lowest BCUT2D eigenvalue weighted by atomic mass is 9.94. The minimum absolute atomic E-state index is 0.0698. The standard InChI is InChI=1S/C12H28N2O2/c1-10(9-15-4)8-11(14-13)6-7-12(2,3)16-5/h10-11,14H,6-9,13H2,1-5H3. The van der Waals surface area contributed by atoms with Crippen LogP contribution >= 0.6 is 0 Å². The molecule has 0 radical (unpaired) electrons. The van der Waals surface area contributed by atoms with E-state index in [1.807, 2.05) is 0 Å². The van der Waals surface area contributed by atoms with Crippen LogP contribution in [0.3, 0.4) is 0 Å². The normalized spacial score (nSPS) is 16.1. The zero-order chi connectivity index (χ0) is 12.6. The Kier molecular flexibility index (Phi) is 7.93. The first-order chi connectivity index (χ1) is 7.45. The molecule has 2 unspecified atom stereocenters. The number of hydrogen-bond donors (Lipinski definition) is 2. The Bertz CT molecular complexity index is 174. The van der Waals surface area contributed by atoms with E-state index in [1.54, 1.807) is 14.2 Å². The van der Waals surface area contributed by atoms with Crippen molar-refractivity contribution in [1.29, 1.82) is 0 Å². The summed E-state index contributed by atoms with van der Waals surface area (Å²) >= 11 is 0. The molecular formula is C12H28N2O2. The van der Waals surface area contributed by atoms with Crippen LogP contribution in [-0.4, -0.2) is 32.5 Å². The van der Waals surface area contributed by atoms with Crippen molar-refractivity contribution < 1.29 is 9.47 Å². The Morgan fingerprint density at radius 1 is 1.31 bits per heavy atom. The van der Waals surface area contributed by atoms with Gasteiger partial charge in [0.1, 0.15) is 0 Å². The van der Waals surface area contributed by atoms with Gasteiger partial charge in [-0.05, 0) is 39.0 Å². The first-order valence-electron chi connectivity index (χ1n) is 5.95. The smallest absolute Gasteiger partial charge is 0.0623 e. The molecule has 0 saturated carbocycles. The average Bonchev–Trinajstić information content (AvgIpc) is 2.24. The zero-order valence-corrected chi connectivity index (χ0v) is 11.4. The highest BCUT2D eigenvalue weighted by molar-refractivity contribution is 4.74. The lowest BCUT2D eigenvalue weighted by Gasteiger charge is -2.26. The van der Waals surface area contributed by atoms with Crippen LogP contribution in [-0.2, 0) is 9.47 Å². The maximum absolute atomic E-state index is 5.56. The molecule has 0 aliphatic heterocycles. The zero-order valence-electron chi connectivity index (χ0n) is 11.4. The molecule has 0 aromatic heterocycles. The lowest BCUT2D eigenvalue weighted by Crippen LogP contribution is -2.38. The topological polar surface area (TPSA) is 56.5 Å². The summed E-state index contributed by atoms with van der Waals surface area (Å²) in [5.74, 6) is 6.08. The second-order valence-electron chi connectivity index (χ2n) is 5.16. The monoisotopic (exact) mass is 232 g/mol. The molecule has 98 valence electrons. The largest absolute Gasteiger partial charge is 0.384 e. The van der Waals surface area contributed by atoms with Crippen molar-refractivity contribution >= 4 is 0 Å². The Morgan fingerprint density at radius 2 is 1.94 bits per heavy atom. The van der Waals surface area contributed by atoms with Gasteiger partial charge in [0.05, 0.1) is 5.60 Å². The Hall–Kier alpha value is -0.160. The van der Waals surface area contributed by atoms with Gasteiger partial charge in [-0.15, -0.1) is 0 Å². The van der Waals surface area contributed by atoms with Gasteiger partial charge in [-0.1, -0.05) is 6.92 Å². The van der Waals surface area contributed by atoms with E-state index in [0.29, 0.717) is 12.0 Å². The molecular weight excluding hydrogens is 204 g/mol. The van der Waals surface area contributed by atoms with Gasteiger partial charge in [-0.3, -0.25) is 11.3 Å². The van der Waals surface area contributed by atoms with E-state index in [0.717, 1.165) is 25.9 Å². The number of hydrazine groups is 1. The molecule has 0 bridgehead atoms. The van der Waals surface area contributed by atoms with Crippen LogP contribution in [0.2, 0.25) is 0 Å². The fraction of sp³-hybridized carbons (Fsp3) is 1.00. The van der Waals surface area contributed by atoms with Crippen molar-refractivity contribution in [3.8, 4) is 0 Å². The van der Waals surface area contributed by atoms with Crippen molar-refractivity contribution in [2.24, 2.45) is 11.8 Å². The number of nitrogens with one attached hydrogen (secondary N) is 1. The van der Waals surface area contributed by atoms with Gasteiger partial charge in [0.2, 0.25) is 0 Å². The Labute approximate surface area is 99.8 Å². The molecule has 4 nitrogen and oxygen atoms in total. The molecule has 0 amide bonds. The van der Waals surface area contributed by atoms with Crippen LogP contribution in [0.1, 0.15) is 40.0 Å². The number of nitrogens with two attached hydrogens (primary N) is 1. The molecule has 0 heterocycles. The van der Waals surface area contributed by atoms with Crippen LogP contribution in [0, 0.1) is 5.92 Å². The lowest BCUT2D eigenvalue weighted by molar-refractivity contribution is 0.0108. The summed E-state index contributed by atoms with van der Waals surface area (Å²) in [5, 5.41) is 0. The third-order valence-corrected chi connectivity index (χ3v) is 3.02. The Morgan fingerprint density at radius 3 is 2.38 bits per heavy atom. The highest BCUT2D eigenvalue weighted by atomic mass is 16.5. The van der Waals surface area contributed by atoms with Gasteiger partial charge in [0.25, 0.3) is 0 Å². The van der Waals surface area contributed by atoms with Crippen LogP contribution in [0.25, 0.3) is 0 Å². The third kappa shape index (κ3) is 7.17. The van der Waals surface area contributed by atoms with E-state index in [9.17, 15) is 0 Å². The van der Waals surface area contributed by atoms with Crippen LogP contribution in [0.15, 0.2) is 0 Å². The minimum Gasteiger partial charge on any atom is -0.384 e. The number of ether oxygens (including phenoxy) is 2. The minimum atomic E-state index is -0.0698. The molecule has 0 aliphatic rings. The van der Waals surface area contributed by atoms with E-state index < -0.39 is 0 Å². The van der Waals surface area contributed by atoms with E-state index in [4.69, 9.17) is 15.3 Å². The summed E-state index contributed by atoms with van der Waals surface area (Å²) in [7, 11) is 3.48. The van der Waals surface area contributed by atoms with Crippen LogP contribution in [0.4, 0.5) is 0 Å². The summed E-state index contributed by atoms with van der Waals surface area (Å²) in [6.07, 6.45) is 3.05. The van der Waals surface area contributed by atoms with Crippen molar-refractivity contribution in [2.45, 2.75) is 51.7 Å². The summed E-state index contributed by atoms with van der Waals surface area (Å²) in [6, 6.07) is 0.333. The van der Waals surface area contributed by atoms with Gasteiger partial charge in [-0.25, -0.2) is 0 Å². The van der Waals surface area contributed by atoms with Crippen molar-refractivity contribution in [3.05, 3.63) is 0 Å². The van der Waals surface area contributed by atoms with Gasteiger partial charge in [-0.2, -0.15) is 0 Å². The van der Waals surface area contributed by atoms with E-state index in [1.165, 1.54) is 0 Å². The third-order valence-electron chi connectivity index (χ3n) is 3.02. The van der Waals surface area contributed by atoms with Gasteiger partial charge >= 0.3 is 0 Å². The molecule has 0 aliphatic carbocycles. The second-order valence-corrected chi connectivity index (χ2v) is 5.16. The van der Waals surface area contributed by atoms with Crippen molar-refractivity contribution in [2.75, 3.05) is 20.8 Å². The van der Waals surface area contributed by atoms with Crippen molar-refractivity contribution in [3.63, 3.8) is 0 Å². The van der Waals surface area contributed by atoms with Gasteiger partial charge < -0.3 is 9.47 Å². The van der Waals surface area contributed by atoms with E-state index in [-0.39, 0.29) is 5.60 Å². The molecule has 0 rings (SSSR count). The summed E-state index contributed by atoms with van der Waals surface area (Å²) in [6.45, 7) is 7.15. The molecule has 0 aromatic rings. The molecule has 16 heavy (non-hydrogen) atoms. The molecule has 0 aromatic carbocycles. The molecule has 0 fully saturated rings. The van der Waals surface area contributed by atoms with E-state index >= 15 is 0 Å². The first-order valence-corrected chi connectivity index (χ1v) is 5.95. The number of rotatable bonds is 9. The van der Waals surface area contributed by atoms with Gasteiger partial charge in [0, 0.05) is 26.9 Å². The quantitative estimate of drug-likeness (QED) is 0.469. The molecule has 2 atom stereocenters. The van der Waals surface area contributed by atoms with Crippen LogP contribution < -0.4 is 11.3 Å². The number of hydrogen-bond acceptors (Lipinski definition) is 4. The molecule has 0 saturated heterocycles. The maximum atomic E-state index is 5.56. The fourth-order valence-corrected chi connectivity index (χ4v) is 1.73. The predicted molar refractivity (Wildman–Crippen MR) is 67.1 cm³/mol. The number of methoxy groups -OCH3 is 2. The van der Waals surface area contributed by atoms with Crippen LogP contribution in [0.5, 0.6) is 0 Å². The average molecular weight is 232 g/mol. The predicted octanol–water partition coefficient (Wildman–Crippen LogP) is 1.70. The summed E-state index contributed by atoms with van der Waals surface area (Å²) in [4.78, 5) is 0. The Balaban J connectivity index is 3.91. The maximum Gasteiger partial charge on any atom is 0.0623 e. The van der Waals surface area contributed by atoms with Crippen molar-refractivity contribution in [1.82, 2.24) is 5.43 Å². The molecule has 4 heteroatoms. The fourth-order valence-electron chi connectivity index (χ4n) is 1.73. The highest BCUT2D eigenvalue weighted by Crippen LogP contribution is 2.19. The molecule has 3 N–H and O–H groups in total. The van der Waals surface area contributed by atoms with E-state index in [2.05, 4.69) is 26.2 Å².